The molecule has 0 saturated carbocycles. The van der Waals surface area contributed by atoms with Gasteiger partial charge in [0, 0.05) is 47.4 Å². The Bertz CT molecular complexity index is 2720. The van der Waals surface area contributed by atoms with Crippen molar-refractivity contribution in [2.24, 2.45) is 0 Å². The first-order valence-electron chi connectivity index (χ1n) is 14.6. The van der Waals surface area contributed by atoms with Crippen LogP contribution in [-0.4, -0.2) is 4.57 Å². The minimum atomic E-state index is 0.914. The molecule has 0 amide bonds. The third-order valence-corrected chi connectivity index (χ3v) is 10.1. The second kappa shape index (κ2) is 8.57. The smallest absolute Gasteiger partial charge is 0.135 e. The van der Waals surface area contributed by atoms with Crippen LogP contribution in [0.1, 0.15) is 0 Å². The van der Waals surface area contributed by atoms with E-state index < -0.39 is 0 Å². The minimum absolute atomic E-state index is 0.914. The number of thiophene rings is 1. The van der Waals surface area contributed by atoms with Gasteiger partial charge in [0.15, 0.2) is 0 Å². The summed E-state index contributed by atoms with van der Waals surface area (Å²) >= 11 is 1.88. The number of furan rings is 1. The molecule has 43 heavy (non-hydrogen) atoms. The lowest BCUT2D eigenvalue weighted by Gasteiger charge is -2.09. The number of hydrogen-bond acceptors (Lipinski definition) is 2. The Labute approximate surface area is 250 Å². The number of para-hydroxylation sites is 1. The van der Waals surface area contributed by atoms with E-state index in [1.807, 2.05) is 23.5 Å². The molecule has 3 aromatic heterocycles. The molecule has 0 aliphatic heterocycles. The van der Waals surface area contributed by atoms with Crippen LogP contribution >= 0.6 is 11.3 Å². The van der Waals surface area contributed by atoms with Gasteiger partial charge in [0.25, 0.3) is 0 Å². The summed E-state index contributed by atoms with van der Waals surface area (Å²) < 4.78 is 11.2. The van der Waals surface area contributed by atoms with Crippen molar-refractivity contribution < 1.29 is 4.42 Å². The van der Waals surface area contributed by atoms with Gasteiger partial charge in [-0.1, -0.05) is 91.0 Å². The van der Waals surface area contributed by atoms with Crippen LogP contribution in [0.3, 0.4) is 0 Å². The highest BCUT2D eigenvalue weighted by Crippen LogP contribution is 2.44. The van der Waals surface area contributed by atoms with Crippen LogP contribution in [0.15, 0.2) is 144 Å². The first kappa shape index (κ1) is 23.2. The average Bonchev–Trinajstić information content (AvgIpc) is 3.72. The van der Waals surface area contributed by atoms with Crippen molar-refractivity contribution in [2.75, 3.05) is 0 Å². The van der Waals surface area contributed by atoms with Crippen LogP contribution in [0.2, 0.25) is 0 Å². The van der Waals surface area contributed by atoms with Gasteiger partial charge in [-0.05, 0) is 70.4 Å². The summed E-state index contributed by atoms with van der Waals surface area (Å²) in [5, 5.41) is 10.0. The Morgan fingerprint density at radius 1 is 0.442 bits per heavy atom. The maximum atomic E-state index is 6.18. The summed E-state index contributed by atoms with van der Waals surface area (Å²) in [7, 11) is 0. The van der Waals surface area contributed by atoms with Gasteiger partial charge in [0.2, 0.25) is 0 Å². The van der Waals surface area contributed by atoms with E-state index in [1.165, 1.54) is 63.9 Å². The molecule has 10 aromatic rings. The molecule has 0 N–H and O–H groups in total. The normalized spacial score (nSPS) is 12.2. The molecule has 3 heteroatoms. The zero-order valence-corrected chi connectivity index (χ0v) is 23.9. The third kappa shape index (κ3) is 3.28. The van der Waals surface area contributed by atoms with Gasteiger partial charge in [-0.2, -0.15) is 0 Å². The van der Waals surface area contributed by atoms with E-state index in [0.717, 1.165) is 27.6 Å². The van der Waals surface area contributed by atoms with Gasteiger partial charge in [0.1, 0.15) is 11.2 Å². The fourth-order valence-electron chi connectivity index (χ4n) is 7.00. The van der Waals surface area contributed by atoms with Gasteiger partial charge in [-0.3, -0.25) is 0 Å². The van der Waals surface area contributed by atoms with Crippen molar-refractivity contribution in [2.45, 2.75) is 0 Å². The van der Waals surface area contributed by atoms with E-state index in [2.05, 4.69) is 132 Å². The number of nitrogens with zero attached hydrogens (tertiary/aromatic N) is 1. The fraction of sp³-hybridized carbons (Fsp3) is 0. The monoisotopic (exact) mass is 565 g/mol. The van der Waals surface area contributed by atoms with Crippen LogP contribution < -0.4 is 0 Å². The second-order valence-corrected chi connectivity index (χ2v) is 12.4. The summed E-state index contributed by atoms with van der Waals surface area (Å²) in [6.07, 6.45) is 0. The van der Waals surface area contributed by atoms with Gasteiger partial charge < -0.3 is 8.98 Å². The van der Waals surface area contributed by atoms with Gasteiger partial charge in [-0.15, -0.1) is 11.3 Å². The van der Waals surface area contributed by atoms with Gasteiger partial charge in [0.05, 0.1) is 11.0 Å². The Hall–Kier alpha value is -5.38. The molecule has 0 atom stereocenters. The van der Waals surface area contributed by atoms with Crippen molar-refractivity contribution in [3.05, 3.63) is 140 Å². The number of hydrogen-bond donors (Lipinski definition) is 0. The van der Waals surface area contributed by atoms with Crippen molar-refractivity contribution in [3.8, 4) is 16.8 Å². The van der Waals surface area contributed by atoms with Crippen LogP contribution in [-0.2, 0) is 0 Å². The first-order valence-corrected chi connectivity index (χ1v) is 15.4. The largest absolute Gasteiger partial charge is 0.456 e. The van der Waals surface area contributed by atoms with Crippen molar-refractivity contribution in [1.29, 1.82) is 0 Å². The van der Waals surface area contributed by atoms with Crippen molar-refractivity contribution in [1.82, 2.24) is 4.57 Å². The van der Waals surface area contributed by atoms with E-state index >= 15 is 0 Å². The first-order chi connectivity index (χ1) is 21.3. The topological polar surface area (TPSA) is 18.1 Å². The van der Waals surface area contributed by atoms with Gasteiger partial charge >= 0.3 is 0 Å². The molecule has 7 aromatic carbocycles. The summed E-state index contributed by atoms with van der Waals surface area (Å²) in [6, 6.07) is 50.6. The Balaban J connectivity index is 1.31. The molecule has 0 fully saturated rings. The van der Waals surface area contributed by atoms with Crippen molar-refractivity contribution in [3.63, 3.8) is 0 Å². The lowest BCUT2D eigenvalue weighted by atomic mass is 10.0. The summed E-state index contributed by atoms with van der Waals surface area (Å²) in [6.45, 7) is 0. The predicted octanol–water partition coefficient (Wildman–Crippen LogP) is 11.9. The van der Waals surface area contributed by atoms with E-state index in [9.17, 15) is 0 Å². The van der Waals surface area contributed by atoms with Crippen molar-refractivity contribution >= 4 is 86.0 Å². The molecule has 0 bridgehead atoms. The second-order valence-electron chi connectivity index (χ2n) is 11.3. The molecule has 0 radical (unpaired) electrons. The Morgan fingerprint density at radius 2 is 1.23 bits per heavy atom. The van der Waals surface area contributed by atoms with E-state index in [4.69, 9.17) is 4.42 Å². The maximum Gasteiger partial charge on any atom is 0.135 e. The Morgan fingerprint density at radius 3 is 2.16 bits per heavy atom. The SMILES string of the molecule is c1ccc(-c2ccc3c(c2)sc2cc4c(cc23)c2c3ccccc3ccc2n4-c2ccc3oc4ccccc4c3c2)cc1. The van der Waals surface area contributed by atoms with Crippen LogP contribution in [0.4, 0.5) is 0 Å². The Kier molecular flexibility index (Phi) is 4.63. The third-order valence-electron chi connectivity index (χ3n) is 8.97. The highest BCUT2D eigenvalue weighted by Gasteiger charge is 2.19. The minimum Gasteiger partial charge on any atom is -0.456 e. The van der Waals surface area contributed by atoms with Crippen LogP contribution in [0, 0.1) is 0 Å². The van der Waals surface area contributed by atoms with E-state index in [1.54, 1.807) is 0 Å². The quantitative estimate of drug-likeness (QED) is 0.204. The average molecular weight is 566 g/mol. The standard InChI is InChI=1S/C40H23NOS/c1-2-8-24(9-3-1)26-14-17-30-32-22-33-35(23-39(32)43-38(30)20-26)41(34-18-15-25-10-4-5-11-28(25)40(33)34)27-16-19-37-31(21-27)29-12-6-7-13-36(29)42-37/h1-23H. The molecule has 0 aliphatic rings. The summed E-state index contributed by atoms with van der Waals surface area (Å²) in [5.74, 6) is 0. The van der Waals surface area contributed by atoms with Crippen LogP contribution in [0.5, 0.6) is 0 Å². The molecule has 0 unspecified atom stereocenters. The molecular formula is C40H23NOS. The summed E-state index contributed by atoms with van der Waals surface area (Å²) in [5.41, 5.74) is 7.92. The van der Waals surface area contributed by atoms with E-state index in [-0.39, 0.29) is 0 Å². The van der Waals surface area contributed by atoms with E-state index in [0.29, 0.717) is 0 Å². The molecule has 3 heterocycles. The molecule has 0 saturated heterocycles. The molecule has 0 aliphatic carbocycles. The number of rotatable bonds is 2. The summed E-state index contributed by atoms with van der Waals surface area (Å²) in [4.78, 5) is 0. The van der Waals surface area contributed by atoms with Crippen LogP contribution in [0.25, 0.3) is 91.5 Å². The predicted molar refractivity (Wildman–Crippen MR) is 184 cm³/mol. The maximum absolute atomic E-state index is 6.18. The number of benzene rings is 7. The zero-order chi connectivity index (χ0) is 28.1. The molecular weight excluding hydrogens is 543 g/mol. The van der Waals surface area contributed by atoms with Gasteiger partial charge in [-0.25, -0.2) is 0 Å². The molecule has 0 spiro atoms. The molecule has 10 rings (SSSR count). The lowest BCUT2D eigenvalue weighted by Crippen LogP contribution is -1.93. The highest BCUT2D eigenvalue weighted by atomic mass is 32.1. The number of aromatic nitrogens is 1. The zero-order valence-electron chi connectivity index (χ0n) is 23.0. The lowest BCUT2D eigenvalue weighted by molar-refractivity contribution is 0.669. The molecule has 200 valence electrons. The fourth-order valence-corrected chi connectivity index (χ4v) is 8.16. The number of fused-ring (bicyclic) bond motifs is 11. The highest BCUT2D eigenvalue weighted by molar-refractivity contribution is 7.25. The molecule has 2 nitrogen and oxygen atoms in total.